The second kappa shape index (κ2) is 13.0. The van der Waals surface area contributed by atoms with Gasteiger partial charge in [0.05, 0.1) is 5.56 Å². The van der Waals surface area contributed by atoms with Gasteiger partial charge >= 0.3 is 0 Å². The van der Waals surface area contributed by atoms with Gasteiger partial charge in [-0.2, -0.15) is 0 Å². The van der Waals surface area contributed by atoms with Crippen LogP contribution in [0.4, 0.5) is 0 Å². The van der Waals surface area contributed by atoms with Gasteiger partial charge in [0.15, 0.2) is 17.5 Å². The number of para-hydroxylation sites is 2. The quantitative estimate of drug-likeness (QED) is 0.171. The Kier molecular flexibility index (Phi) is 7.42. The minimum absolute atomic E-state index is 0.556. The summed E-state index contributed by atoms with van der Waals surface area (Å²) in [5.74, 6) is 1.77. The molecule has 0 unspecified atom stereocenters. The fourth-order valence-corrected chi connectivity index (χ4v) is 7.81. The Bertz CT molecular complexity index is 3170. The number of nitrogens with zero attached hydrogens (tertiary/aromatic N) is 3. The highest BCUT2D eigenvalue weighted by atomic mass is 16.3. The first-order valence-corrected chi connectivity index (χ1v) is 18.7. The average Bonchev–Trinajstić information content (AvgIpc) is 3.85. The van der Waals surface area contributed by atoms with Crippen LogP contribution in [0, 0.1) is 0 Å². The topological polar surface area (TPSA) is 65.0 Å². The van der Waals surface area contributed by atoms with Crippen LogP contribution in [0.2, 0.25) is 0 Å². The number of aromatic nitrogens is 3. The highest BCUT2D eigenvalue weighted by Crippen LogP contribution is 2.43. The standard InChI is InChI=1S/C51H31N3O2/c1-4-13-32(14-5-1)33-23-25-34(26-24-33)38-30-42(47-40-19-10-11-22-44(40)55-46(47)31-38)37-27-28-45-43(29-37)39-20-12-21-41(48(39)56-45)51-53-49(35-15-6-2-7-16-35)52-50(54-51)36-17-8-3-9-18-36/h1-31H. The van der Waals surface area contributed by atoms with E-state index in [0.717, 1.165) is 82.8 Å². The van der Waals surface area contributed by atoms with Gasteiger partial charge in [0.25, 0.3) is 0 Å². The van der Waals surface area contributed by atoms with Crippen molar-refractivity contribution in [2.75, 3.05) is 0 Å². The van der Waals surface area contributed by atoms with Crippen LogP contribution in [-0.2, 0) is 0 Å². The smallest absolute Gasteiger partial charge is 0.167 e. The van der Waals surface area contributed by atoms with Crippen LogP contribution in [-0.4, -0.2) is 15.0 Å². The van der Waals surface area contributed by atoms with Gasteiger partial charge in [-0.05, 0) is 69.8 Å². The predicted molar refractivity (Wildman–Crippen MR) is 227 cm³/mol. The monoisotopic (exact) mass is 717 g/mol. The molecule has 262 valence electrons. The Morgan fingerprint density at radius 2 is 0.821 bits per heavy atom. The maximum absolute atomic E-state index is 6.68. The first-order chi connectivity index (χ1) is 27.7. The predicted octanol–water partition coefficient (Wildman–Crippen LogP) is 13.7. The largest absolute Gasteiger partial charge is 0.456 e. The van der Waals surface area contributed by atoms with E-state index in [-0.39, 0.29) is 0 Å². The SMILES string of the molecule is c1ccc(-c2ccc(-c3cc(-c4ccc5oc6c(-c7nc(-c8ccccc8)nc(-c8ccccc8)n7)cccc6c5c4)c4c(c3)oc3ccccc34)cc2)cc1. The molecular formula is C51H31N3O2. The number of hydrogen-bond donors (Lipinski definition) is 0. The molecule has 0 aliphatic rings. The Balaban J connectivity index is 1.08. The lowest BCUT2D eigenvalue weighted by Gasteiger charge is -2.10. The van der Waals surface area contributed by atoms with Gasteiger partial charge in [0.2, 0.25) is 0 Å². The molecule has 5 nitrogen and oxygen atoms in total. The van der Waals surface area contributed by atoms with E-state index in [4.69, 9.17) is 23.8 Å². The highest BCUT2D eigenvalue weighted by molar-refractivity contribution is 6.16. The van der Waals surface area contributed by atoms with Crippen LogP contribution < -0.4 is 0 Å². The van der Waals surface area contributed by atoms with E-state index in [0.29, 0.717) is 17.5 Å². The zero-order valence-electron chi connectivity index (χ0n) is 30.1. The van der Waals surface area contributed by atoms with Crippen LogP contribution in [0.15, 0.2) is 197 Å². The van der Waals surface area contributed by atoms with Crippen LogP contribution >= 0.6 is 0 Å². The van der Waals surface area contributed by atoms with Crippen LogP contribution in [0.25, 0.3) is 111 Å². The van der Waals surface area contributed by atoms with Gasteiger partial charge in [0.1, 0.15) is 22.3 Å². The molecule has 0 saturated carbocycles. The maximum atomic E-state index is 6.68. The number of hydrogen-bond acceptors (Lipinski definition) is 5. The number of fused-ring (bicyclic) bond motifs is 6. The van der Waals surface area contributed by atoms with Crippen molar-refractivity contribution in [2.45, 2.75) is 0 Å². The molecule has 56 heavy (non-hydrogen) atoms. The van der Waals surface area contributed by atoms with Crippen molar-refractivity contribution < 1.29 is 8.83 Å². The van der Waals surface area contributed by atoms with E-state index in [1.54, 1.807) is 0 Å². The van der Waals surface area contributed by atoms with Crippen molar-refractivity contribution in [3.8, 4) is 67.5 Å². The second-order valence-electron chi connectivity index (χ2n) is 14.0. The fraction of sp³-hybridized carbons (Fsp3) is 0. The Labute approximate surface area is 322 Å². The lowest BCUT2D eigenvalue weighted by Crippen LogP contribution is -2.00. The first-order valence-electron chi connectivity index (χ1n) is 18.7. The highest BCUT2D eigenvalue weighted by Gasteiger charge is 2.20. The number of furan rings is 2. The Morgan fingerprint density at radius 3 is 1.52 bits per heavy atom. The van der Waals surface area contributed by atoms with Crippen LogP contribution in [0.1, 0.15) is 0 Å². The van der Waals surface area contributed by atoms with E-state index in [2.05, 4.69) is 103 Å². The van der Waals surface area contributed by atoms with Gasteiger partial charge in [-0.15, -0.1) is 0 Å². The molecule has 0 fully saturated rings. The lowest BCUT2D eigenvalue weighted by atomic mass is 9.93. The van der Waals surface area contributed by atoms with Crippen molar-refractivity contribution in [3.05, 3.63) is 188 Å². The van der Waals surface area contributed by atoms with Crippen LogP contribution in [0.3, 0.4) is 0 Å². The van der Waals surface area contributed by atoms with Crippen molar-refractivity contribution in [1.82, 2.24) is 15.0 Å². The van der Waals surface area contributed by atoms with Crippen molar-refractivity contribution >= 4 is 43.9 Å². The van der Waals surface area contributed by atoms with E-state index in [9.17, 15) is 0 Å². The maximum Gasteiger partial charge on any atom is 0.167 e. The van der Waals surface area contributed by atoms with E-state index >= 15 is 0 Å². The molecular weight excluding hydrogens is 687 g/mol. The molecule has 0 saturated heterocycles. The molecule has 0 aliphatic carbocycles. The third-order valence-electron chi connectivity index (χ3n) is 10.6. The molecule has 0 N–H and O–H groups in total. The summed E-state index contributed by atoms with van der Waals surface area (Å²) >= 11 is 0. The zero-order chi connectivity index (χ0) is 37.0. The van der Waals surface area contributed by atoms with Gasteiger partial charge in [-0.3, -0.25) is 0 Å². The lowest BCUT2D eigenvalue weighted by molar-refractivity contribution is 0.669. The number of rotatable bonds is 6. The molecule has 0 spiro atoms. The summed E-state index contributed by atoms with van der Waals surface area (Å²) in [6.07, 6.45) is 0. The Hall–Kier alpha value is -7.63. The summed E-state index contributed by atoms with van der Waals surface area (Å²) in [5.41, 5.74) is 12.6. The molecule has 0 bridgehead atoms. The molecule has 11 rings (SSSR count). The summed E-state index contributed by atoms with van der Waals surface area (Å²) in [7, 11) is 0. The third-order valence-corrected chi connectivity index (χ3v) is 10.6. The normalized spacial score (nSPS) is 11.6. The zero-order valence-corrected chi connectivity index (χ0v) is 30.1. The number of benzene rings is 8. The minimum atomic E-state index is 0.556. The van der Waals surface area contributed by atoms with Crippen LogP contribution in [0.5, 0.6) is 0 Å². The second-order valence-corrected chi connectivity index (χ2v) is 14.0. The Morgan fingerprint density at radius 1 is 0.286 bits per heavy atom. The molecule has 11 aromatic rings. The molecule has 0 radical (unpaired) electrons. The fourth-order valence-electron chi connectivity index (χ4n) is 7.81. The average molecular weight is 718 g/mol. The van der Waals surface area contributed by atoms with Crippen molar-refractivity contribution in [2.24, 2.45) is 0 Å². The van der Waals surface area contributed by atoms with Gasteiger partial charge in [-0.1, -0.05) is 152 Å². The third kappa shape index (κ3) is 5.45. The summed E-state index contributed by atoms with van der Waals surface area (Å²) in [6, 6.07) is 64.6. The molecule has 0 atom stereocenters. The first kappa shape index (κ1) is 31.9. The molecule has 0 aliphatic heterocycles. The molecule has 3 aromatic heterocycles. The van der Waals surface area contributed by atoms with Crippen molar-refractivity contribution in [3.63, 3.8) is 0 Å². The molecule has 8 aromatic carbocycles. The summed E-state index contributed by atoms with van der Waals surface area (Å²) in [5, 5.41) is 4.17. The van der Waals surface area contributed by atoms with Gasteiger partial charge in [-0.25, -0.2) is 15.0 Å². The van der Waals surface area contributed by atoms with Gasteiger partial charge < -0.3 is 8.83 Å². The van der Waals surface area contributed by atoms with Gasteiger partial charge in [0, 0.05) is 32.7 Å². The van der Waals surface area contributed by atoms with E-state index in [1.807, 2.05) is 84.9 Å². The molecule has 0 amide bonds. The van der Waals surface area contributed by atoms with Crippen molar-refractivity contribution in [1.29, 1.82) is 0 Å². The molecule has 5 heteroatoms. The van der Waals surface area contributed by atoms with E-state index in [1.165, 1.54) is 11.1 Å². The summed E-state index contributed by atoms with van der Waals surface area (Å²) in [4.78, 5) is 14.9. The molecule has 3 heterocycles. The van der Waals surface area contributed by atoms with E-state index < -0.39 is 0 Å². The minimum Gasteiger partial charge on any atom is -0.456 e. The summed E-state index contributed by atoms with van der Waals surface area (Å²) in [6.45, 7) is 0. The summed E-state index contributed by atoms with van der Waals surface area (Å²) < 4.78 is 13.2.